The van der Waals surface area contributed by atoms with Crippen molar-refractivity contribution in [3.63, 3.8) is 0 Å². The summed E-state index contributed by atoms with van der Waals surface area (Å²) >= 11 is 0. The van der Waals surface area contributed by atoms with E-state index in [0.717, 1.165) is 51.5 Å². The third-order valence-corrected chi connectivity index (χ3v) is 4.20. The van der Waals surface area contributed by atoms with Gasteiger partial charge in [0.15, 0.2) is 0 Å². The van der Waals surface area contributed by atoms with Crippen molar-refractivity contribution in [3.05, 3.63) is 24.0 Å². The summed E-state index contributed by atoms with van der Waals surface area (Å²) in [6.07, 6.45) is 1.83. The van der Waals surface area contributed by atoms with Crippen molar-refractivity contribution in [2.45, 2.75) is 20.8 Å². The van der Waals surface area contributed by atoms with Gasteiger partial charge in [0.1, 0.15) is 5.69 Å². The van der Waals surface area contributed by atoms with Gasteiger partial charge in [0, 0.05) is 39.3 Å². The molecule has 1 aliphatic rings. The van der Waals surface area contributed by atoms with Crippen LogP contribution in [0.2, 0.25) is 0 Å². The Labute approximate surface area is 127 Å². The summed E-state index contributed by atoms with van der Waals surface area (Å²) < 4.78 is 0. The van der Waals surface area contributed by atoms with Gasteiger partial charge in [0.2, 0.25) is 0 Å². The van der Waals surface area contributed by atoms with Gasteiger partial charge in [-0.2, -0.15) is 0 Å². The molecule has 5 heteroatoms. The number of amides is 1. The SMILES string of the molecule is CCN1CCN(c2ccc(C(=O)N(CC)CC)nc2)CC1. The van der Waals surface area contributed by atoms with Gasteiger partial charge in [0.05, 0.1) is 11.9 Å². The van der Waals surface area contributed by atoms with Crippen molar-refractivity contribution < 1.29 is 4.79 Å². The number of anilines is 1. The summed E-state index contributed by atoms with van der Waals surface area (Å²) in [5.41, 5.74) is 1.65. The number of nitrogens with zero attached hydrogens (tertiary/aromatic N) is 4. The standard InChI is InChI=1S/C16H26N4O/c1-4-18-9-11-20(12-10-18)14-7-8-15(17-13-14)16(21)19(5-2)6-3/h7-8,13H,4-6,9-12H2,1-3H3. The average molecular weight is 290 g/mol. The van der Waals surface area contributed by atoms with E-state index >= 15 is 0 Å². The van der Waals surface area contributed by atoms with Crippen molar-refractivity contribution in [3.8, 4) is 0 Å². The van der Waals surface area contributed by atoms with Crippen LogP contribution in [0.15, 0.2) is 18.3 Å². The Balaban J connectivity index is 2.01. The molecule has 0 saturated carbocycles. The second kappa shape index (κ2) is 7.41. The molecule has 1 saturated heterocycles. The zero-order valence-corrected chi connectivity index (χ0v) is 13.4. The quantitative estimate of drug-likeness (QED) is 0.827. The molecule has 0 spiro atoms. The molecule has 0 radical (unpaired) electrons. The minimum absolute atomic E-state index is 0.0161. The molecular weight excluding hydrogens is 264 g/mol. The lowest BCUT2D eigenvalue weighted by atomic mass is 10.2. The van der Waals surface area contributed by atoms with Gasteiger partial charge in [-0.15, -0.1) is 0 Å². The van der Waals surface area contributed by atoms with Gasteiger partial charge in [0.25, 0.3) is 5.91 Å². The Morgan fingerprint density at radius 3 is 2.29 bits per heavy atom. The maximum atomic E-state index is 12.2. The number of pyridine rings is 1. The van der Waals surface area contributed by atoms with E-state index in [2.05, 4.69) is 21.7 Å². The van der Waals surface area contributed by atoms with Crippen LogP contribution in [-0.2, 0) is 0 Å². The lowest BCUT2D eigenvalue weighted by molar-refractivity contribution is 0.0767. The second-order valence-electron chi connectivity index (χ2n) is 5.30. The molecule has 0 N–H and O–H groups in total. The second-order valence-corrected chi connectivity index (χ2v) is 5.30. The Morgan fingerprint density at radius 2 is 1.81 bits per heavy atom. The summed E-state index contributed by atoms with van der Waals surface area (Å²) in [7, 11) is 0. The molecule has 5 nitrogen and oxygen atoms in total. The lowest BCUT2D eigenvalue weighted by Gasteiger charge is -2.35. The van der Waals surface area contributed by atoms with E-state index in [1.54, 1.807) is 4.90 Å². The average Bonchev–Trinajstić information content (AvgIpc) is 2.56. The molecule has 21 heavy (non-hydrogen) atoms. The lowest BCUT2D eigenvalue weighted by Crippen LogP contribution is -2.46. The fraction of sp³-hybridized carbons (Fsp3) is 0.625. The topological polar surface area (TPSA) is 39.7 Å². The fourth-order valence-electron chi connectivity index (χ4n) is 2.69. The number of carbonyl (C=O) groups excluding carboxylic acids is 1. The zero-order valence-electron chi connectivity index (χ0n) is 13.4. The van der Waals surface area contributed by atoms with Crippen LogP contribution in [0.1, 0.15) is 31.3 Å². The van der Waals surface area contributed by atoms with Crippen LogP contribution in [-0.4, -0.2) is 66.5 Å². The zero-order chi connectivity index (χ0) is 15.2. The highest BCUT2D eigenvalue weighted by Gasteiger charge is 2.18. The first-order valence-electron chi connectivity index (χ1n) is 7.92. The van der Waals surface area contributed by atoms with Crippen LogP contribution in [0, 0.1) is 0 Å². The van der Waals surface area contributed by atoms with E-state index in [-0.39, 0.29) is 5.91 Å². The third-order valence-electron chi connectivity index (χ3n) is 4.20. The molecule has 1 aromatic rings. The van der Waals surface area contributed by atoms with E-state index in [0.29, 0.717) is 5.69 Å². The van der Waals surface area contributed by atoms with Crippen LogP contribution in [0.3, 0.4) is 0 Å². The maximum absolute atomic E-state index is 12.2. The van der Waals surface area contributed by atoms with Gasteiger partial charge in [-0.25, -0.2) is 4.98 Å². The number of carbonyl (C=O) groups is 1. The van der Waals surface area contributed by atoms with Crippen molar-refractivity contribution in [1.82, 2.24) is 14.8 Å². The Hall–Kier alpha value is -1.62. The normalized spacial score (nSPS) is 16.0. The summed E-state index contributed by atoms with van der Waals surface area (Å²) in [4.78, 5) is 23.2. The highest BCUT2D eigenvalue weighted by molar-refractivity contribution is 5.92. The number of piperazine rings is 1. The number of likely N-dealkylation sites (N-methyl/N-ethyl adjacent to an activating group) is 1. The molecule has 0 bridgehead atoms. The Kier molecular flexibility index (Phi) is 5.56. The molecule has 0 aliphatic carbocycles. The number of hydrogen-bond donors (Lipinski definition) is 0. The molecule has 2 rings (SSSR count). The molecular formula is C16H26N4O. The first-order chi connectivity index (χ1) is 10.2. The van der Waals surface area contributed by atoms with Crippen molar-refractivity contribution in [2.75, 3.05) is 50.7 Å². The Morgan fingerprint density at radius 1 is 1.14 bits per heavy atom. The number of aromatic nitrogens is 1. The smallest absolute Gasteiger partial charge is 0.272 e. The van der Waals surface area contributed by atoms with Gasteiger partial charge in [-0.05, 0) is 32.5 Å². The molecule has 0 aromatic carbocycles. The molecule has 0 atom stereocenters. The summed E-state index contributed by atoms with van der Waals surface area (Å²) in [6.45, 7) is 13.0. The molecule has 1 fully saturated rings. The van der Waals surface area contributed by atoms with E-state index in [9.17, 15) is 4.79 Å². The largest absolute Gasteiger partial charge is 0.368 e. The highest BCUT2D eigenvalue weighted by atomic mass is 16.2. The predicted octanol–water partition coefficient (Wildman–Crippen LogP) is 1.71. The van der Waals surface area contributed by atoms with E-state index in [1.165, 1.54) is 0 Å². The first-order valence-corrected chi connectivity index (χ1v) is 7.92. The van der Waals surface area contributed by atoms with E-state index in [1.807, 2.05) is 32.2 Å². The summed E-state index contributed by atoms with van der Waals surface area (Å²) in [5, 5.41) is 0. The van der Waals surface area contributed by atoms with Gasteiger partial charge < -0.3 is 14.7 Å². The van der Waals surface area contributed by atoms with Crippen LogP contribution in [0.4, 0.5) is 5.69 Å². The molecule has 116 valence electrons. The Bertz CT molecular complexity index is 448. The summed E-state index contributed by atoms with van der Waals surface area (Å²) in [6, 6.07) is 3.87. The predicted molar refractivity (Wildman–Crippen MR) is 85.8 cm³/mol. The van der Waals surface area contributed by atoms with Gasteiger partial charge in [-0.1, -0.05) is 6.92 Å². The molecule has 0 unspecified atom stereocenters. The van der Waals surface area contributed by atoms with Gasteiger partial charge >= 0.3 is 0 Å². The minimum Gasteiger partial charge on any atom is -0.368 e. The van der Waals surface area contributed by atoms with Crippen LogP contribution >= 0.6 is 0 Å². The van der Waals surface area contributed by atoms with Crippen LogP contribution < -0.4 is 4.90 Å². The fourth-order valence-corrected chi connectivity index (χ4v) is 2.69. The van der Waals surface area contributed by atoms with Gasteiger partial charge in [-0.3, -0.25) is 4.79 Å². The third kappa shape index (κ3) is 3.73. The van der Waals surface area contributed by atoms with Crippen molar-refractivity contribution in [2.24, 2.45) is 0 Å². The van der Waals surface area contributed by atoms with Crippen molar-refractivity contribution >= 4 is 11.6 Å². The molecule has 1 aromatic heterocycles. The van der Waals surface area contributed by atoms with Crippen LogP contribution in [0.25, 0.3) is 0 Å². The maximum Gasteiger partial charge on any atom is 0.272 e. The molecule has 2 heterocycles. The number of hydrogen-bond acceptors (Lipinski definition) is 4. The van der Waals surface area contributed by atoms with Crippen molar-refractivity contribution in [1.29, 1.82) is 0 Å². The molecule has 1 aliphatic heterocycles. The van der Waals surface area contributed by atoms with E-state index < -0.39 is 0 Å². The van der Waals surface area contributed by atoms with Crippen LogP contribution in [0.5, 0.6) is 0 Å². The molecule has 1 amide bonds. The first kappa shape index (κ1) is 15.8. The summed E-state index contributed by atoms with van der Waals surface area (Å²) in [5.74, 6) is 0.0161. The monoisotopic (exact) mass is 290 g/mol. The minimum atomic E-state index is 0.0161. The highest BCUT2D eigenvalue weighted by Crippen LogP contribution is 2.16. The number of rotatable bonds is 5. The van der Waals surface area contributed by atoms with E-state index in [4.69, 9.17) is 0 Å².